The summed E-state index contributed by atoms with van der Waals surface area (Å²) in [6, 6.07) is 6.24. The van der Waals surface area contributed by atoms with Crippen LogP contribution in [0, 0.1) is 17.1 Å². The lowest BCUT2D eigenvalue weighted by Gasteiger charge is -2.04. The summed E-state index contributed by atoms with van der Waals surface area (Å²) in [7, 11) is 0. The zero-order chi connectivity index (χ0) is 13.7. The number of benzene rings is 1. The van der Waals surface area contributed by atoms with Gasteiger partial charge in [0.05, 0.1) is 18.2 Å². The summed E-state index contributed by atoms with van der Waals surface area (Å²) in [6.07, 6.45) is 0. The maximum Gasteiger partial charge on any atom is 0.209 e. The van der Waals surface area contributed by atoms with Crippen molar-refractivity contribution in [2.24, 2.45) is 5.73 Å². The fourth-order valence-corrected chi connectivity index (χ4v) is 2.34. The van der Waals surface area contributed by atoms with E-state index in [1.165, 1.54) is 30.0 Å². The summed E-state index contributed by atoms with van der Waals surface area (Å²) in [5.74, 6) is 0.0103. The van der Waals surface area contributed by atoms with Gasteiger partial charge in [0.1, 0.15) is 5.82 Å². The first-order valence-corrected chi connectivity index (χ1v) is 6.50. The normalized spacial score (nSPS) is 10.4. The first-order chi connectivity index (χ1) is 9.24. The van der Waals surface area contributed by atoms with E-state index in [4.69, 9.17) is 11.0 Å². The first kappa shape index (κ1) is 13.5. The lowest BCUT2D eigenvalue weighted by atomic mass is 10.1. The van der Waals surface area contributed by atoms with E-state index in [1.54, 1.807) is 4.68 Å². The highest BCUT2D eigenvalue weighted by atomic mass is 32.2. The van der Waals surface area contributed by atoms with E-state index < -0.39 is 0 Å². The molecular weight excluding hydrogens is 267 g/mol. The lowest BCUT2D eigenvalue weighted by Crippen LogP contribution is -2.12. The molecule has 98 valence electrons. The molecule has 0 bridgehead atoms. The molecule has 8 heteroatoms. The van der Waals surface area contributed by atoms with Crippen molar-refractivity contribution in [2.45, 2.75) is 17.5 Å². The van der Waals surface area contributed by atoms with Crippen molar-refractivity contribution in [1.29, 1.82) is 5.26 Å². The Labute approximate surface area is 113 Å². The Bertz CT molecular complexity index is 605. The minimum atomic E-state index is -0.343. The van der Waals surface area contributed by atoms with Gasteiger partial charge in [-0.3, -0.25) is 0 Å². The second kappa shape index (κ2) is 6.26. The van der Waals surface area contributed by atoms with Gasteiger partial charge in [0.15, 0.2) is 0 Å². The van der Waals surface area contributed by atoms with Crippen molar-refractivity contribution in [3.05, 3.63) is 35.1 Å². The molecule has 19 heavy (non-hydrogen) atoms. The number of hydrogen-bond donors (Lipinski definition) is 1. The lowest BCUT2D eigenvalue weighted by molar-refractivity contribution is 0.556. The van der Waals surface area contributed by atoms with E-state index in [0.29, 0.717) is 35.1 Å². The van der Waals surface area contributed by atoms with Crippen molar-refractivity contribution in [1.82, 2.24) is 20.2 Å². The number of nitrogens with zero attached hydrogens (tertiary/aromatic N) is 5. The van der Waals surface area contributed by atoms with Gasteiger partial charge in [-0.1, -0.05) is 11.8 Å². The number of thioether (sulfide) groups is 1. The van der Waals surface area contributed by atoms with Crippen LogP contribution in [0.4, 0.5) is 4.39 Å². The standard InChI is InChI=1S/C11H11FN6S/c12-10-2-1-8(6-14)5-9(10)7-19-11-15-16-17-18(11)4-3-13/h1-2,5H,3-4,7,13H2. The van der Waals surface area contributed by atoms with E-state index in [-0.39, 0.29) is 5.82 Å². The predicted molar refractivity (Wildman–Crippen MR) is 67.5 cm³/mol. The molecule has 0 spiro atoms. The highest BCUT2D eigenvalue weighted by molar-refractivity contribution is 7.98. The highest BCUT2D eigenvalue weighted by Crippen LogP contribution is 2.22. The van der Waals surface area contributed by atoms with Gasteiger partial charge in [0.25, 0.3) is 0 Å². The van der Waals surface area contributed by atoms with Gasteiger partial charge in [-0.2, -0.15) is 5.26 Å². The van der Waals surface area contributed by atoms with Gasteiger partial charge >= 0.3 is 0 Å². The maximum atomic E-state index is 13.6. The van der Waals surface area contributed by atoms with Crippen molar-refractivity contribution < 1.29 is 4.39 Å². The minimum absolute atomic E-state index is 0.343. The second-order valence-corrected chi connectivity index (χ2v) is 4.62. The van der Waals surface area contributed by atoms with E-state index in [1.807, 2.05) is 6.07 Å². The van der Waals surface area contributed by atoms with Crippen molar-refractivity contribution >= 4 is 11.8 Å². The highest BCUT2D eigenvalue weighted by Gasteiger charge is 2.09. The Kier molecular flexibility index (Phi) is 4.43. The summed E-state index contributed by atoms with van der Waals surface area (Å²) >= 11 is 1.30. The average Bonchev–Trinajstić information content (AvgIpc) is 2.86. The third kappa shape index (κ3) is 3.27. The summed E-state index contributed by atoms with van der Waals surface area (Å²) in [5.41, 5.74) is 6.32. The van der Waals surface area contributed by atoms with Crippen LogP contribution in [0.3, 0.4) is 0 Å². The first-order valence-electron chi connectivity index (χ1n) is 5.52. The number of hydrogen-bond acceptors (Lipinski definition) is 6. The minimum Gasteiger partial charge on any atom is -0.329 e. The zero-order valence-electron chi connectivity index (χ0n) is 9.95. The molecule has 1 aromatic heterocycles. The number of aromatic nitrogens is 4. The SMILES string of the molecule is N#Cc1ccc(F)c(CSc2nnnn2CCN)c1. The molecule has 0 radical (unpaired) electrons. The van der Waals surface area contributed by atoms with E-state index >= 15 is 0 Å². The Morgan fingerprint density at radius 1 is 1.47 bits per heavy atom. The predicted octanol–water partition coefficient (Wildman–Crippen LogP) is 0.935. The van der Waals surface area contributed by atoms with Gasteiger partial charge in [0, 0.05) is 12.3 Å². The van der Waals surface area contributed by atoms with Crippen LogP contribution in [-0.2, 0) is 12.3 Å². The molecule has 0 saturated carbocycles. The average molecular weight is 278 g/mol. The maximum absolute atomic E-state index is 13.6. The molecule has 0 saturated heterocycles. The molecule has 2 N–H and O–H groups in total. The Morgan fingerprint density at radius 2 is 2.32 bits per heavy atom. The molecule has 2 aromatic rings. The van der Waals surface area contributed by atoms with Crippen molar-refractivity contribution in [2.75, 3.05) is 6.54 Å². The largest absolute Gasteiger partial charge is 0.329 e. The summed E-state index contributed by atoms with van der Waals surface area (Å²) in [5, 5.41) is 20.5. The van der Waals surface area contributed by atoms with Crippen LogP contribution in [-0.4, -0.2) is 26.8 Å². The molecule has 0 aliphatic heterocycles. The molecule has 1 aromatic carbocycles. The van der Waals surface area contributed by atoms with E-state index in [2.05, 4.69) is 15.5 Å². The number of halogens is 1. The Hall–Kier alpha value is -1.98. The molecule has 0 unspecified atom stereocenters. The van der Waals surface area contributed by atoms with Gasteiger partial charge in [-0.25, -0.2) is 9.07 Å². The summed E-state index contributed by atoms with van der Waals surface area (Å²) in [4.78, 5) is 0. The van der Waals surface area contributed by atoms with Gasteiger partial charge in [-0.05, 0) is 34.2 Å². The monoisotopic (exact) mass is 278 g/mol. The Balaban J connectivity index is 2.10. The number of nitriles is 1. The van der Waals surface area contributed by atoms with Crippen LogP contribution in [0.25, 0.3) is 0 Å². The van der Waals surface area contributed by atoms with Crippen LogP contribution in [0.1, 0.15) is 11.1 Å². The molecule has 1 heterocycles. The molecule has 2 rings (SSSR count). The molecule has 6 nitrogen and oxygen atoms in total. The van der Waals surface area contributed by atoms with Crippen LogP contribution in [0.5, 0.6) is 0 Å². The molecule has 0 fully saturated rings. The van der Waals surface area contributed by atoms with Crippen LogP contribution >= 0.6 is 11.8 Å². The number of rotatable bonds is 5. The molecule has 0 amide bonds. The fraction of sp³-hybridized carbons (Fsp3) is 0.273. The summed E-state index contributed by atoms with van der Waals surface area (Å²) in [6.45, 7) is 0.937. The van der Waals surface area contributed by atoms with Crippen LogP contribution in [0.2, 0.25) is 0 Å². The van der Waals surface area contributed by atoms with Gasteiger partial charge in [0.2, 0.25) is 5.16 Å². The topological polar surface area (TPSA) is 93.4 Å². The van der Waals surface area contributed by atoms with Crippen molar-refractivity contribution in [3.8, 4) is 6.07 Å². The molecule has 0 aliphatic rings. The zero-order valence-corrected chi connectivity index (χ0v) is 10.8. The Morgan fingerprint density at radius 3 is 3.05 bits per heavy atom. The van der Waals surface area contributed by atoms with E-state index in [9.17, 15) is 4.39 Å². The molecule has 0 atom stereocenters. The van der Waals surface area contributed by atoms with Crippen molar-refractivity contribution in [3.63, 3.8) is 0 Å². The van der Waals surface area contributed by atoms with Gasteiger partial charge < -0.3 is 5.73 Å². The van der Waals surface area contributed by atoms with Crippen LogP contribution < -0.4 is 5.73 Å². The smallest absolute Gasteiger partial charge is 0.209 e. The number of nitrogens with two attached hydrogens (primary N) is 1. The summed E-state index contributed by atoms with van der Waals surface area (Å²) < 4.78 is 15.1. The third-order valence-corrected chi connectivity index (χ3v) is 3.38. The third-order valence-electron chi connectivity index (χ3n) is 2.37. The fourth-order valence-electron chi connectivity index (χ4n) is 1.46. The second-order valence-electron chi connectivity index (χ2n) is 3.68. The molecule has 0 aliphatic carbocycles. The van der Waals surface area contributed by atoms with E-state index in [0.717, 1.165) is 0 Å². The van der Waals surface area contributed by atoms with Crippen LogP contribution in [0.15, 0.2) is 23.4 Å². The molecular formula is C11H11FN6S. The van der Waals surface area contributed by atoms with Gasteiger partial charge in [-0.15, -0.1) is 5.10 Å². The quantitative estimate of drug-likeness (QED) is 0.818. The number of tetrazole rings is 1.